The van der Waals surface area contributed by atoms with Gasteiger partial charge in [0, 0.05) is 54.2 Å². The molecule has 1 aromatic rings. The normalized spacial score (nSPS) is 26.1. The molecule has 164 valence electrons. The van der Waals surface area contributed by atoms with Gasteiger partial charge in [0.1, 0.15) is 0 Å². The zero-order chi connectivity index (χ0) is 21.5. The van der Waals surface area contributed by atoms with E-state index in [0.29, 0.717) is 23.7 Å². The van der Waals surface area contributed by atoms with E-state index >= 15 is 0 Å². The van der Waals surface area contributed by atoms with Gasteiger partial charge in [0.05, 0.1) is 0 Å². The minimum atomic E-state index is 0.0863. The van der Waals surface area contributed by atoms with E-state index in [-0.39, 0.29) is 23.3 Å². The van der Waals surface area contributed by atoms with Crippen LogP contribution in [0.4, 0.5) is 0 Å². The highest BCUT2D eigenvalue weighted by molar-refractivity contribution is 5.81. The van der Waals surface area contributed by atoms with Crippen LogP contribution >= 0.6 is 0 Å². The largest absolute Gasteiger partial charge is 0.353 e. The zero-order valence-corrected chi connectivity index (χ0v) is 19.0. The van der Waals surface area contributed by atoms with Crippen molar-refractivity contribution in [2.75, 3.05) is 13.1 Å². The summed E-state index contributed by atoms with van der Waals surface area (Å²) in [5.41, 5.74) is 2.93. The molecule has 0 atom stereocenters. The number of rotatable bonds is 4. The molecular formula is C25H37N3O2. The topological polar surface area (TPSA) is 62.3 Å². The van der Waals surface area contributed by atoms with Crippen molar-refractivity contribution < 1.29 is 9.59 Å². The van der Waals surface area contributed by atoms with Crippen LogP contribution in [0, 0.1) is 11.3 Å². The maximum absolute atomic E-state index is 12.8. The van der Waals surface area contributed by atoms with E-state index in [1.165, 1.54) is 24.2 Å². The second-order valence-corrected chi connectivity index (χ2v) is 10.9. The Morgan fingerprint density at radius 1 is 1.17 bits per heavy atom. The van der Waals surface area contributed by atoms with Crippen LogP contribution in [-0.2, 0) is 15.0 Å². The number of hydrogen-bond acceptors (Lipinski definition) is 3. The van der Waals surface area contributed by atoms with Gasteiger partial charge in [0.15, 0.2) is 0 Å². The fraction of sp³-hybridized carbons (Fsp3) is 0.720. The number of carbonyl (C=O) groups is 2. The quantitative estimate of drug-likeness (QED) is 0.809. The number of likely N-dealkylation sites (tertiary alicyclic amines) is 1. The molecule has 3 aliphatic rings. The second-order valence-electron chi connectivity index (χ2n) is 10.9. The molecule has 1 spiro atoms. The number of amides is 2. The van der Waals surface area contributed by atoms with Crippen molar-refractivity contribution >= 4 is 11.8 Å². The third kappa shape index (κ3) is 4.26. The Bertz CT molecular complexity index is 791. The molecule has 5 nitrogen and oxygen atoms in total. The molecule has 1 aromatic heterocycles. The van der Waals surface area contributed by atoms with Gasteiger partial charge in [-0.15, -0.1) is 0 Å². The van der Waals surface area contributed by atoms with Crippen molar-refractivity contribution in [2.24, 2.45) is 11.3 Å². The van der Waals surface area contributed by atoms with Gasteiger partial charge in [-0.2, -0.15) is 0 Å². The Balaban J connectivity index is 1.24. The zero-order valence-electron chi connectivity index (χ0n) is 19.0. The lowest BCUT2D eigenvalue weighted by Crippen LogP contribution is -2.53. The summed E-state index contributed by atoms with van der Waals surface area (Å²) in [5.74, 6) is 1.08. The third-order valence-corrected chi connectivity index (χ3v) is 7.63. The van der Waals surface area contributed by atoms with Crippen LogP contribution in [0.15, 0.2) is 18.2 Å². The van der Waals surface area contributed by atoms with Gasteiger partial charge >= 0.3 is 0 Å². The number of nitrogens with zero attached hydrogens (tertiary/aromatic N) is 2. The minimum Gasteiger partial charge on any atom is -0.353 e. The van der Waals surface area contributed by atoms with Crippen LogP contribution in [-0.4, -0.2) is 40.8 Å². The molecule has 30 heavy (non-hydrogen) atoms. The summed E-state index contributed by atoms with van der Waals surface area (Å²) in [7, 11) is 0. The first-order chi connectivity index (χ1) is 14.2. The molecule has 2 aliphatic carbocycles. The average Bonchev–Trinajstić information content (AvgIpc) is 2.67. The number of piperidine rings is 1. The van der Waals surface area contributed by atoms with Crippen molar-refractivity contribution in [2.45, 2.75) is 90.0 Å². The monoisotopic (exact) mass is 411 g/mol. The molecular weight excluding hydrogens is 374 g/mol. The van der Waals surface area contributed by atoms with Crippen molar-refractivity contribution in [1.82, 2.24) is 15.2 Å². The van der Waals surface area contributed by atoms with Gasteiger partial charge in [-0.25, -0.2) is 0 Å². The molecule has 5 heteroatoms. The van der Waals surface area contributed by atoms with Gasteiger partial charge in [-0.05, 0) is 56.1 Å². The first kappa shape index (κ1) is 21.3. The average molecular weight is 412 g/mol. The smallest absolute Gasteiger partial charge is 0.225 e. The number of aromatic nitrogens is 1. The summed E-state index contributed by atoms with van der Waals surface area (Å²) in [6.07, 6.45) is 6.80. The highest BCUT2D eigenvalue weighted by atomic mass is 16.2. The number of nitrogens with one attached hydrogen (secondary N) is 1. The first-order valence-corrected chi connectivity index (χ1v) is 11.7. The molecule has 3 fully saturated rings. The van der Waals surface area contributed by atoms with E-state index in [0.717, 1.165) is 38.8 Å². The van der Waals surface area contributed by atoms with Crippen LogP contribution in [0.3, 0.4) is 0 Å². The first-order valence-electron chi connectivity index (χ1n) is 11.7. The molecule has 1 saturated heterocycles. The molecule has 1 N–H and O–H groups in total. The van der Waals surface area contributed by atoms with Gasteiger partial charge < -0.3 is 10.2 Å². The molecule has 0 bridgehead atoms. The Kier molecular flexibility index (Phi) is 5.67. The Labute approximate surface area is 181 Å². The van der Waals surface area contributed by atoms with E-state index in [2.05, 4.69) is 49.2 Å². The molecule has 2 heterocycles. The van der Waals surface area contributed by atoms with Gasteiger partial charge in [0.25, 0.3) is 0 Å². The van der Waals surface area contributed by atoms with Crippen molar-refractivity contribution in [1.29, 1.82) is 0 Å². The summed E-state index contributed by atoms with van der Waals surface area (Å²) in [6.45, 7) is 10.3. The molecule has 2 saturated carbocycles. The summed E-state index contributed by atoms with van der Waals surface area (Å²) in [6, 6.07) is 6.69. The minimum absolute atomic E-state index is 0.0863. The predicted octanol–water partition coefficient (Wildman–Crippen LogP) is 4.17. The second kappa shape index (κ2) is 7.97. The molecule has 0 aromatic carbocycles. The van der Waals surface area contributed by atoms with Crippen molar-refractivity contribution in [3.05, 3.63) is 29.6 Å². The van der Waals surface area contributed by atoms with Crippen LogP contribution < -0.4 is 5.32 Å². The lowest BCUT2D eigenvalue weighted by Gasteiger charge is -2.53. The maximum atomic E-state index is 12.8. The van der Waals surface area contributed by atoms with Crippen LogP contribution in [0.5, 0.6) is 0 Å². The lowest BCUT2D eigenvalue weighted by atomic mass is 9.56. The Hall–Kier alpha value is -1.91. The maximum Gasteiger partial charge on any atom is 0.225 e. The number of pyridine rings is 1. The van der Waals surface area contributed by atoms with E-state index in [1.54, 1.807) is 0 Å². The van der Waals surface area contributed by atoms with E-state index in [1.807, 2.05) is 6.92 Å². The van der Waals surface area contributed by atoms with Crippen LogP contribution in [0.1, 0.15) is 89.9 Å². The lowest BCUT2D eigenvalue weighted by molar-refractivity contribution is -0.143. The molecule has 0 radical (unpaired) electrons. The van der Waals surface area contributed by atoms with Gasteiger partial charge in [-0.1, -0.05) is 33.8 Å². The Morgan fingerprint density at radius 3 is 2.43 bits per heavy atom. The fourth-order valence-corrected chi connectivity index (χ4v) is 5.43. The number of hydrogen-bond donors (Lipinski definition) is 1. The molecule has 0 unspecified atom stereocenters. The summed E-state index contributed by atoms with van der Waals surface area (Å²) in [4.78, 5) is 31.4. The van der Waals surface area contributed by atoms with Gasteiger partial charge in [0.2, 0.25) is 11.8 Å². The highest BCUT2D eigenvalue weighted by Gasteiger charge is 2.48. The summed E-state index contributed by atoms with van der Waals surface area (Å²) >= 11 is 0. The molecule has 2 amide bonds. The number of carbonyl (C=O) groups excluding carboxylic acids is 2. The van der Waals surface area contributed by atoms with E-state index < -0.39 is 0 Å². The third-order valence-electron chi connectivity index (χ3n) is 7.63. The summed E-state index contributed by atoms with van der Waals surface area (Å²) in [5, 5.41) is 3.00. The van der Waals surface area contributed by atoms with Crippen LogP contribution in [0.2, 0.25) is 0 Å². The van der Waals surface area contributed by atoms with E-state index in [9.17, 15) is 9.59 Å². The van der Waals surface area contributed by atoms with Crippen LogP contribution in [0.25, 0.3) is 0 Å². The fourth-order valence-electron chi connectivity index (χ4n) is 5.43. The van der Waals surface area contributed by atoms with E-state index in [4.69, 9.17) is 4.98 Å². The van der Waals surface area contributed by atoms with Gasteiger partial charge in [-0.3, -0.25) is 14.6 Å². The van der Waals surface area contributed by atoms with Crippen molar-refractivity contribution in [3.8, 4) is 0 Å². The summed E-state index contributed by atoms with van der Waals surface area (Å²) < 4.78 is 0. The molecule has 1 aliphatic heterocycles. The molecule has 4 rings (SSSR count). The standard InChI is InChI=1S/C25H37N3O2/c1-5-22(29)26-19-13-17(14-19)23(30)28-11-9-25(10-12-28)15-18(16-25)20-7-6-8-21(27-20)24(2,3)4/h6-8,17-19H,5,9-16H2,1-4H3,(H,26,29). The predicted molar refractivity (Wildman–Crippen MR) is 118 cm³/mol. The highest BCUT2D eigenvalue weighted by Crippen LogP contribution is 2.56. The Morgan fingerprint density at radius 2 is 1.83 bits per heavy atom. The SMILES string of the molecule is CCC(=O)NC1CC(C(=O)N2CCC3(CC2)CC(c2cccc(C(C)(C)C)n2)C3)C1. The van der Waals surface area contributed by atoms with Crippen molar-refractivity contribution in [3.63, 3.8) is 0 Å².